The Hall–Kier alpha value is -3.13. The predicted octanol–water partition coefficient (Wildman–Crippen LogP) is 5.38. The van der Waals surface area contributed by atoms with Gasteiger partial charge in [0, 0.05) is 0 Å². The zero-order valence-corrected chi connectivity index (χ0v) is 13.1. The standard InChI is InChI=1S/C22H16O2/c23-14-21-20-11-4-2-7-17(20)12-13-22(21)24-15-18-9-5-8-16-6-1-3-10-19(16)18/h1-14H,15H2. The maximum absolute atomic E-state index is 11.6. The average molecular weight is 312 g/mol. The van der Waals surface area contributed by atoms with Crippen LogP contribution in [0.25, 0.3) is 21.5 Å². The SMILES string of the molecule is O=Cc1c(OCc2cccc3ccccc23)ccc2ccccc12. The second-order valence-corrected chi connectivity index (χ2v) is 5.74. The van der Waals surface area contributed by atoms with Gasteiger partial charge in [-0.05, 0) is 33.2 Å². The molecular weight excluding hydrogens is 296 g/mol. The van der Waals surface area contributed by atoms with E-state index in [9.17, 15) is 4.79 Å². The Morgan fingerprint density at radius 2 is 1.38 bits per heavy atom. The first-order valence-electron chi connectivity index (χ1n) is 7.93. The lowest BCUT2D eigenvalue weighted by Crippen LogP contribution is -1.99. The first-order chi connectivity index (χ1) is 11.9. The third kappa shape index (κ3) is 2.52. The van der Waals surface area contributed by atoms with Crippen LogP contribution in [0, 0.1) is 0 Å². The Balaban J connectivity index is 1.71. The van der Waals surface area contributed by atoms with E-state index < -0.39 is 0 Å². The quantitative estimate of drug-likeness (QED) is 0.473. The van der Waals surface area contributed by atoms with Crippen molar-refractivity contribution in [1.82, 2.24) is 0 Å². The minimum Gasteiger partial charge on any atom is -0.488 e. The summed E-state index contributed by atoms with van der Waals surface area (Å²) in [6.07, 6.45) is 0.876. The van der Waals surface area contributed by atoms with Crippen molar-refractivity contribution in [2.45, 2.75) is 6.61 Å². The van der Waals surface area contributed by atoms with Gasteiger partial charge in [-0.3, -0.25) is 4.79 Å². The lowest BCUT2D eigenvalue weighted by Gasteiger charge is -2.12. The van der Waals surface area contributed by atoms with Crippen LogP contribution in [0.4, 0.5) is 0 Å². The summed E-state index contributed by atoms with van der Waals surface area (Å²) in [5, 5.41) is 4.32. The van der Waals surface area contributed by atoms with E-state index in [0.29, 0.717) is 17.9 Å². The molecule has 0 saturated heterocycles. The van der Waals surface area contributed by atoms with Gasteiger partial charge in [0.05, 0.1) is 5.56 Å². The Morgan fingerprint density at radius 3 is 2.17 bits per heavy atom. The number of hydrogen-bond acceptors (Lipinski definition) is 2. The van der Waals surface area contributed by atoms with Crippen LogP contribution >= 0.6 is 0 Å². The van der Waals surface area contributed by atoms with Crippen molar-refractivity contribution in [2.75, 3.05) is 0 Å². The number of rotatable bonds is 4. The first kappa shape index (κ1) is 14.5. The highest BCUT2D eigenvalue weighted by Crippen LogP contribution is 2.28. The van der Waals surface area contributed by atoms with Gasteiger partial charge in [0.1, 0.15) is 12.4 Å². The van der Waals surface area contributed by atoms with Gasteiger partial charge in [-0.1, -0.05) is 72.8 Å². The van der Waals surface area contributed by atoms with Crippen molar-refractivity contribution in [2.24, 2.45) is 0 Å². The zero-order valence-electron chi connectivity index (χ0n) is 13.1. The van der Waals surface area contributed by atoms with E-state index in [2.05, 4.69) is 24.3 Å². The van der Waals surface area contributed by atoms with Crippen molar-refractivity contribution in [3.05, 3.63) is 90.0 Å². The van der Waals surface area contributed by atoms with E-state index in [-0.39, 0.29) is 0 Å². The molecule has 0 unspecified atom stereocenters. The molecule has 0 aromatic heterocycles. The maximum Gasteiger partial charge on any atom is 0.154 e. The molecule has 0 radical (unpaired) electrons. The summed E-state index contributed by atoms with van der Waals surface area (Å²) in [5.74, 6) is 0.622. The Labute approximate surface area is 140 Å². The highest BCUT2D eigenvalue weighted by atomic mass is 16.5. The van der Waals surface area contributed by atoms with Gasteiger partial charge in [-0.2, -0.15) is 0 Å². The highest BCUT2D eigenvalue weighted by Gasteiger charge is 2.09. The topological polar surface area (TPSA) is 26.3 Å². The summed E-state index contributed by atoms with van der Waals surface area (Å²) in [4.78, 5) is 11.6. The number of benzene rings is 4. The van der Waals surface area contributed by atoms with Gasteiger partial charge in [0.25, 0.3) is 0 Å². The molecule has 0 N–H and O–H groups in total. The van der Waals surface area contributed by atoms with Crippen molar-refractivity contribution < 1.29 is 9.53 Å². The van der Waals surface area contributed by atoms with Crippen LogP contribution in [-0.4, -0.2) is 6.29 Å². The van der Waals surface area contributed by atoms with Crippen molar-refractivity contribution in [3.8, 4) is 5.75 Å². The van der Waals surface area contributed by atoms with Crippen LogP contribution in [-0.2, 0) is 6.61 Å². The van der Waals surface area contributed by atoms with Crippen molar-refractivity contribution in [3.63, 3.8) is 0 Å². The Bertz CT molecular complexity index is 1030. The van der Waals surface area contributed by atoms with E-state index in [0.717, 1.165) is 22.6 Å². The highest BCUT2D eigenvalue weighted by molar-refractivity contribution is 6.00. The van der Waals surface area contributed by atoms with E-state index in [4.69, 9.17) is 4.74 Å². The number of aldehydes is 1. The van der Waals surface area contributed by atoms with Gasteiger partial charge < -0.3 is 4.74 Å². The second kappa shape index (κ2) is 6.17. The monoisotopic (exact) mass is 312 g/mol. The van der Waals surface area contributed by atoms with Crippen LogP contribution < -0.4 is 4.74 Å². The van der Waals surface area contributed by atoms with E-state index >= 15 is 0 Å². The summed E-state index contributed by atoms with van der Waals surface area (Å²) < 4.78 is 6.00. The molecule has 116 valence electrons. The molecule has 24 heavy (non-hydrogen) atoms. The Kier molecular flexibility index (Phi) is 3.72. The summed E-state index contributed by atoms with van der Waals surface area (Å²) in [6.45, 7) is 0.431. The van der Waals surface area contributed by atoms with Crippen LogP contribution in [0.3, 0.4) is 0 Å². The Morgan fingerprint density at radius 1 is 0.708 bits per heavy atom. The third-order valence-corrected chi connectivity index (χ3v) is 4.31. The van der Waals surface area contributed by atoms with E-state index in [1.807, 2.05) is 54.6 Å². The predicted molar refractivity (Wildman–Crippen MR) is 97.6 cm³/mol. The molecule has 0 bridgehead atoms. The number of ether oxygens (including phenoxy) is 1. The normalized spacial score (nSPS) is 10.8. The van der Waals surface area contributed by atoms with Gasteiger partial charge in [-0.25, -0.2) is 0 Å². The number of hydrogen-bond donors (Lipinski definition) is 0. The molecule has 0 aliphatic carbocycles. The van der Waals surface area contributed by atoms with Gasteiger partial charge in [0.15, 0.2) is 6.29 Å². The molecule has 0 aliphatic heterocycles. The lowest BCUT2D eigenvalue weighted by molar-refractivity contribution is 0.112. The molecule has 2 nitrogen and oxygen atoms in total. The molecule has 4 aromatic carbocycles. The fraction of sp³-hybridized carbons (Fsp3) is 0.0455. The van der Waals surface area contributed by atoms with Gasteiger partial charge >= 0.3 is 0 Å². The molecule has 0 fully saturated rings. The third-order valence-electron chi connectivity index (χ3n) is 4.31. The molecule has 4 rings (SSSR count). The maximum atomic E-state index is 11.6. The molecular formula is C22H16O2. The summed E-state index contributed by atoms with van der Waals surface area (Å²) in [7, 11) is 0. The minimum absolute atomic E-state index is 0.431. The second-order valence-electron chi connectivity index (χ2n) is 5.74. The van der Waals surface area contributed by atoms with Crippen molar-refractivity contribution >= 4 is 27.8 Å². The minimum atomic E-state index is 0.431. The molecule has 0 spiro atoms. The molecule has 0 amide bonds. The molecule has 0 heterocycles. The largest absolute Gasteiger partial charge is 0.488 e. The molecule has 0 saturated carbocycles. The van der Waals surface area contributed by atoms with Gasteiger partial charge in [0.2, 0.25) is 0 Å². The van der Waals surface area contributed by atoms with Crippen molar-refractivity contribution in [1.29, 1.82) is 0 Å². The zero-order chi connectivity index (χ0) is 16.4. The first-order valence-corrected chi connectivity index (χ1v) is 7.93. The molecule has 2 heteroatoms. The molecule has 4 aromatic rings. The number of fused-ring (bicyclic) bond motifs is 2. The van der Waals surface area contributed by atoms with Crippen LogP contribution in [0.2, 0.25) is 0 Å². The van der Waals surface area contributed by atoms with Gasteiger partial charge in [-0.15, -0.1) is 0 Å². The summed E-state index contributed by atoms with van der Waals surface area (Å²) >= 11 is 0. The summed E-state index contributed by atoms with van der Waals surface area (Å²) in [5.41, 5.74) is 1.71. The lowest BCUT2D eigenvalue weighted by atomic mass is 10.0. The fourth-order valence-corrected chi connectivity index (χ4v) is 3.10. The van der Waals surface area contributed by atoms with Crippen LogP contribution in [0.1, 0.15) is 15.9 Å². The van der Waals surface area contributed by atoms with Crippen LogP contribution in [0.5, 0.6) is 5.75 Å². The molecule has 0 aliphatic rings. The smallest absolute Gasteiger partial charge is 0.154 e. The van der Waals surface area contributed by atoms with E-state index in [1.165, 1.54) is 10.8 Å². The number of carbonyl (C=O) groups excluding carboxylic acids is 1. The molecule has 0 atom stereocenters. The van der Waals surface area contributed by atoms with E-state index in [1.54, 1.807) is 0 Å². The average Bonchev–Trinajstić information content (AvgIpc) is 2.65. The number of carbonyl (C=O) groups is 1. The fourth-order valence-electron chi connectivity index (χ4n) is 3.10. The summed E-state index contributed by atoms with van der Waals surface area (Å²) in [6, 6.07) is 26.1. The van der Waals surface area contributed by atoms with Crippen LogP contribution in [0.15, 0.2) is 78.9 Å².